The fraction of sp³-hybridized carbons (Fsp3) is 0.423. The summed E-state index contributed by atoms with van der Waals surface area (Å²) in [6, 6.07) is 6.73. The molecule has 9 nitrogen and oxygen atoms in total. The summed E-state index contributed by atoms with van der Waals surface area (Å²) >= 11 is 8.24. The van der Waals surface area contributed by atoms with Crippen LogP contribution in [-0.2, 0) is 19.1 Å². The van der Waals surface area contributed by atoms with Crippen molar-refractivity contribution < 1.29 is 28.7 Å². The van der Waals surface area contributed by atoms with Crippen LogP contribution in [0.4, 0.5) is 0 Å². The summed E-state index contributed by atoms with van der Waals surface area (Å²) in [5.74, 6) is -1.91. The van der Waals surface area contributed by atoms with E-state index in [4.69, 9.17) is 21.7 Å². The van der Waals surface area contributed by atoms with Crippen LogP contribution in [0.15, 0.2) is 44.0 Å². The molecule has 4 rings (SSSR count). The van der Waals surface area contributed by atoms with Crippen LogP contribution in [0, 0.1) is 0 Å². The number of thioether (sulfide) groups is 2. The molecule has 0 radical (unpaired) electrons. The van der Waals surface area contributed by atoms with E-state index in [-0.39, 0.29) is 34.2 Å². The van der Waals surface area contributed by atoms with Crippen LogP contribution >= 0.6 is 35.7 Å². The van der Waals surface area contributed by atoms with Crippen molar-refractivity contribution in [1.29, 1.82) is 0 Å². The molecule has 3 heterocycles. The Morgan fingerprint density at radius 1 is 0.974 bits per heavy atom. The minimum atomic E-state index is -0.633. The molecule has 0 bridgehead atoms. The van der Waals surface area contributed by atoms with Crippen LogP contribution in [0.25, 0.3) is 0 Å². The van der Waals surface area contributed by atoms with Gasteiger partial charge in [0, 0.05) is 32.2 Å². The van der Waals surface area contributed by atoms with Gasteiger partial charge in [-0.15, -0.1) is 0 Å². The Hall–Kier alpha value is -2.83. The highest BCUT2D eigenvalue weighted by Crippen LogP contribution is 2.52. The third kappa shape index (κ3) is 5.34. The Balaban J connectivity index is 1.69. The van der Waals surface area contributed by atoms with Gasteiger partial charge in [-0.25, -0.2) is 9.59 Å². The lowest BCUT2D eigenvalue weighted by molar-refractivity contribution is -0.138. The highest BCUT2D eigenvalue weighted by molar-refractivity contribution is 8.29. The van der Waals surface area contributed by atoms with Crippen molar-refractivity contribution in [3.8, 4) is 0 Å². The minimum Gasteiger partial charge on any atom is -0.465 e. The predicted molar refractivity (Wildman–Crippen MR) is 150 cm³/mol. The molecule has 0 aliphatic carbocycles. The average molecular weight is 576 g/mol. The van der Waals surface area contributed by atoms with Crippen molar-refractivity contribution in [1.82, 2.24) is 14.7 Å². The first kappa shape index (κ1) is 28.2. The van der Waals surface area contributed by atoms with Crippen LogP contribution in [0.2, 0.25) is 0 Å². The molecule has 1 aromatic rings. The Kier molecular flexibility index (Phi) is 8.84. The largest absolute Gasteiger partial charge is 0.465 e. The highest BCUT2D eigenvalue weighted by Gasteiger charge is 2.39. The molecule has 0 saturated carbocycles. The first-order valence-corrected chi connectivity index (χ1v) is 14.3. The van der Waals surface area contributed by atoms with E-state index in [0.717, 1.165) is 49.5 Å². The molecule has 3 aliphatic rings. The van der Waals surface area contributed by atoms with E-state index in [1.807, 2.05) is 18.7 Å². The molecule has 1 fully saturated rings. The number of esters is 2. The summed E-state index contributed by atoms with van der Waals surface area (Å²) in [6.45, 7) is 6.07. The molecule has 1 aromatic carbocycles. The lowest BCUT2D eigenvalue weighted by Crippen LogP contribution is -2.44. The molecule has 12 heteroatoms. The van der Waals surface area contributed by atoms with Crippen molar-refractivity contribution in [3.63, 3.8) is 0 Å². The summed E-state index contributed by atoms with van der Waals surface area (Å²) in [7, 11) is 2.52. The van der Waals surface area contributed by atoms with Crippen LogP contribution in [0.3, 0.4) is 0 Å². The standard InChI is InChI=1S/C26H29N3O6S3/c1-15(2)28(13-14-29-21(30)16-9-5-6-10-17(16)22(29)31)18(23(36)27-11-7-8-12-27)26-37-19(24(32)34-3)20(38-26)25(33)35-4/h5-6,9-10,15H,7-8,11-14H2,1-4H3. The van der Waals surface area contributed by atoms with Gasteiger partial charge >= 0.3 is 11.9 Å². The number of rotatable bonds is 8. The topological polar surface area (TPSA) is 96.5 Å². The van der Waals surface area contributed by atoms with Gasteiger partial charge < -0.3 is 19.3 Å². The first-order chi connectivity index (χ1) is 18.2. The van der Waals surface area contributed by atoms with Gasteiger partial charge in [-0.2, -0.15) is 0 Å². The first-order valence-electron chi connectivity index (χ1n) is 12.2. The number of likely N-dealkylation sites (tertiary alicyclic amines) is 1. The number of amides is 2. The van der Waals surface area contributed by atoms with Gasteiger partial charge in [0.05, 0.1) is 35.3 Å². The third-order valence-corrected chi connectivity index (χ3v) is 9.47. The lowest BCUT2D eigenvalue weighted by Gasteiger charge is -2.36. The lowest BCUT2D eigenvalue weighted by atomic mass is 10.1. The molecule has 38 heavy (non-hydrogen) atoms. The van der Waals surface area contributed by atoms with E-state index in [1.54, 1.807) is 24.3 Å². The number of hydrogen-bond donors (Lipinski definition) is 0. The van der Waals surface area contributed by atoms with Gasteiger partial charge in [-0.1, -0.05) is 47.9 Å². The zero-order valence-electron chi connectivity index (χ0n) is 21.6. The summed E-state index contributed by atoms with van der Waals surface area (Å²) < 4.78 is 10.5. The molecule has 2 amide bonds. The fourth-order valence-electron chi connectivity index (χ4n) is 4.53. The Morgan fingerprint density at radius 2 is 1.47 bits per heavy atom. The Morgan fingerprint density at radius 3 is 1.92 bits per heavy atom. The van der Waals surface area contributed by atoms with Gasteiger partial charge in [-0.05, 0) is 38.8 Å². The van der Waals surface area contributed by atoms with Crippen LogP contribution < -0.4 is 0 Å². The van der Waals surface area contributed by atoms with Gasteiger partial charge in [0.25, 0.3) is 11.8 Å². The van der Waals surface area contributed by atoms with Gasteiger partial charge in [0.15, 0.2) is 0 Å². The van der Waals surface area contributed by atoms with Gasteiger partial charge in [-0.3, -0.25) is 14.5 Å². The number of nitrogens with zero attached hydrogens (tertiary/aromatic N) is 3. The van der Waals surface area contributed by atoms with Crippen LogP contribution in [-0.4, -0.2) is 89.9 Å². The maximum atomic E-state index is 13.0. The smallest absolute Gasteiger partial charge is 0.346 e. The predicted octanol–water partition coefficient (Wildman–Crippen LogP) is 3.62. The fourth-order valence-corrected chi connectivity index (χ4v) is 7.65. The zero-order chi connectivity index (χ0) is 27.6. The maximum absolute atomic E-state index is 13.0. The molecule has 0 unspecified atom stereocenters. The van der Waals surface area contributed by atoms with E-state index >= 15 is 0 Å². The summed E-state index contributed by atoms with van der Waals surface area (Å²) in [5.41, 5.74) is 1.48. The molecule has 0 spiro atoms. The number of thiocarbonyl (C=S) groups is 1. The van der Waals surface area contributed by atoms with E-state index in [9.17, 15) is 19.2 Å². The van der Waals surface area contributed by atoms with Crippen molar-refractivity contribution in [2.75, 3.05) is 40.4 Å². The number of methoxy groups -OCH3 is 2. The van der Waals surface area contributed by atoms with Crippen molar-refractivity contribution in [3.05, 3.63) is 55.1 Å². The molecule has 3 aliphatic heterocycles. The second-order valence-electron chi connectivity index (χ2n) is 9.08. The number of fused-ring (bicyclic) bond motifs is 1. The monoisotopic (exact) mass is 575 g/mol. The highest BCUT2D eigenvalue weighted by atomic mass is 32.2. The molecule has 0 N–H and O–H groups in total. The number of carbonyl (C=O) groups is 4. The third-order valence-electron chi connectivity index (χ3n) is 6.48. The second kappa shape index (κ2) is 11.9. The number of imide groups is 1. The van der Waals surface area contributed by atoms with Gasteiger partial charge in [0.2, 0.25) is 0 Å². The summed E-state index contributed by atoms with van der Waals surface area (Å²) in [4.78, 5) is 57.3. The number of ether oxygens (including phenoxy) is 2. The SMILES string of the molecule is COC(=O)C1=C(C(=O)OC)SC(=C(C(=S)N2CCCC2)N(CCN2C(=O)c3ccccc3C2=O)C(C)C)S1. The second-order valence-corrected chi connectivity index (χ2v) is 11.8. The number of carbonyl (C=O) groups excluding carboxylic acids is 4. The molecule has 202 valence electrons. The van der Waals surface area contributed by atoms with E-state index in [0.29, 0.717) is 32.6 Å². The van der Waals surface area contributed by atoms with E-state index in [2.05, 4.69) is 4.90 Å². The minimum absolute atomic E-state index is 0.0711. The molecular weight excluding hydrogens is 547 g/mol. The van der Waals surface area contributed by atoms with E-state index < -0.39 is 11.9 Å². The van der Waals surface area contributed by atoms with Crippen molar-refractivity contribution in [2.24, 2.45) is 0 Å². The van der Waals surface area contributed by atoms with Crippen LogP contribution in [0.5, 0.6) is 0 Å². The normalized spacial score (nSPS) is 16.9. The zero-order valence-corrected chi connectivity index (χ0v) is 24.1. The molecular formula is C26H29N3O6S3. The van der Waals surface area contributed by atoms with Crippen molar-refractivity contribution >= 4 is 64.5 Å². The molecule has 1 saturated heterocycles. The van der Waals surface area contributed by atoms with Crippen LogP contribution in [0.1, 0.15) is 47.4 Å². The van der Waals surface area contributed by atoms with Crippen molar-refractivity contribution in [2.45, 2.75) is 32.7 Å². The summed E-state index contributed by atoms with van der Waals surface area (Å²) in [6.07, 6.45) is 2.03. The molecule has 0 atom stereocenters. The number of hydrogen-bond acceptors (Lipinski definition) is 10. The maximum Gasteiger partial charge on any atom is 0.346 e. The Labute approximate surface area is 235 Å². The Bertz CT molecular complexity index is 1190. The quantitative estimate of drug-likeness (QED) is 0.197. The molecule has 0 aromatic heterocycles. The average Bonchev–Trinajstić information content (AvgIpc) is 3.66. The summed E-state index contributed by atoms with van der Waals surface area (Å²) in [5, 5.41) is 0. The van der Waals surface area contributed by atoms with E-state index in [1.165, 1.54) is 19.1 Å². The number of benzene rings is 1. The van der Waals surface area contributed by atoms with Gasteiger partial charge in [0.1, 0.15) is 14.8 Å².